The summed E-state index contributed by atoms with van der Waals surface area (Å²) in [5.41, 5.74) is 2.45. The molecule has 0 aliphatic heterocycles. The standard InChI is InChI=1S/C15H16OS/c1-3-5-13(16)15-9-8-14(17-15)12-7-4-6-11(2)10-12/h4,6-10H,3,5H2,1-2H3. The van der Waals surface area contributed by atoms with Gasteiger partial charge < -0.3 is 0 Å². The molecule has 2 aromatic rings. The fourth-order valence-corrected chi connectivity index (χ4v) is 2.76. The van der Waals surface area contributed by atoms with Crippen molar-refractivity contribution in [2.45, 2.75) is 26.7 Å². The van der Waals surface area contributed by atoms with Crippen LogP contribution in [0.4, 0.5) is 0 Å². The van der Waals surface area contributed by atoms with Crippen LogP contribution in [0.25, 0.3) is 10.4 Å². The summed E-state index contributed by atoms with van der Waals surface area (Å²) in [5, 5.41) is 0. The SMILES string of the molecule is CCCC(=O)c1ccc(-c2cccc(C)c2)s1. The van der Waals surface area contributed by atoms with Crippen molar-refractivity contribution in [2.24, 2.45) is 0 Å². The predicted octanol–water partition coefficient (Wildman–Crippen LogP) is 4.71. The van der Waals surface area contributed by atoms with Gasteiger partial charge in [0.25, 0.3) is 0 Å². The summed E-state index contributed by atoms with van der Waals surface area (Å²) in [5.74, 6) is 0.261. The maximum absolute atomic E-state index is 11.8. The van der Waals surface area contributed by atoms with Gasteiger partial charge in [-0.1, -0.05) is 36.8 Å². The first kappa shape index (κ1) is 12.1. The smallest absolute Gasteiger partial charge is 0.172 e. The molecule has 0 saturated heterocycles. The minimum absolute atomic E-state index is 0.261. The van der Waals surface area contributed by atoms with Crippen LogP contribution in [-0.4, -0.2) is 5.78 Å². The molecule has 0 unspecified atom stereocenters. The Morgan fingerprint density at radius 3 is 2.76 bits per heavy atom. The van der Waals surface area contributed by atoms with Crippen molar-refractivity contribution in [1.29, 1.82) is 0 Å². The molecule has 0 atom stereocenters. The average Bonchev–Trinajstić information content (AvgIpc) is 2.78. The van der Waals surface area contributed by atoms with E-state index in [2.05, 4.69) is 31.2 Å². The number of rotatable bonds is 4. The Hall–Kier alpha value is -1.41. The van der Waals surface area contributed by atoms with Crippen molar-refractivity contribution in [3.63, 3.8) is 0 Å². The van der Waals surface area contributed by atoms with Gasteiger partial charge in [-0.2, -0.15) is 0 Å². The van der Waals surface area contributed by atoms with Crippen molar-refractivity contribution < 1.29 is 4.79 Å². The quantitative estimate of drug-likeness (QED) is 0.712. The molecule has 88 valence electrons. The normalized spacial score (nSPS) is 10.5. The van der Waals surface area contributed by atoms with Crippen molar-refractivity contribution in [2.75, 3.05) is 0 Å². The highest BCUT2D eigenvalue weighted by molar-refractivity contribution is 7.17. The van der Waals surface area contributed by atoms with Gasteiger partial charge in [-0.25, -0.2) is 0 Å². The number of thiophene rings is 1. The molecule has 2 rings (SSSR count). The van der Waals surface area contributed by atoms with Gasteiger partial charge in [-0.3, -0.25) is 4.79 Å². The predicted molar refractivity (Wildman–Crippen MR) is 73.7 cm³/mol. The molecule has 1 nitrogen and oxygen atoms in total. The minimum atomic E-state index is 0.261. The average molecular weight is 244 g/mol. The summed E-state index contributed by atoms with van der Waals surface area (Å²) in [6, 6.07) is 12.4. The van der Waals surface area contributed by atoms with Gasteiger partial charge >= 0.3 is 0 Å². The third-order valence-corrected chi connectivity index (χ3v) is 3.84. The Kier molecular flexibility index (Phi) is 3.75. The molecule has 0 aliphatic carbocycles. The molecule has 0 fully saturated rings. The molecule has 0 spiro atoms. The van der Waals surface area contributed by atoms with E-state index in [4.69, 9.17) is 0 Å². The summed E-state index contributed by atoms with van der Waals surface area (Å²) >= 11 is 1.59. The van der Waals surface area contributed by atoms with Gasteiger partial charge in [0, 0.05) is 11.3 Å². The van der Waals surface area contributed by atoms with Crippen LogP contribution in [0, 0.1) is 6.92 Å². The second kappa shape index (κ2) is 5.28. The highest BCUT2D eigenvalue weighted by Gasteiger charge is 2.09. The number of carbonyl (C=O) groups is 1. The maximum atomic E-state index is 11.8. The fraction of sp³-hybridized carbons (Fsp3) is 0.267. The van der Waals surface area contributed by atoms with E-state index in [9.17, 15) is 4.79 Å². The zero-order valence-electron chi connectivity index (χ0n) is 10.2. The summed E-state index contributed by atoms with van der Waals surface area (Å²) in [7, 11) is 0. The molecular formula is C15H16OS. The molecule has 17 heavy (non-hydrogen) atoms. The van der Waals surface area contributed by atoms with Crippen molar-refractivity contribution in [3.05, 3.63) is 46.8 Å². The third-order valence-electron chi connectivity index (χ3n) is 2.66. The van der Waals surface area contributed by atoms with Gasteiger partial charge in [0.1, 0.15) is 0 Å². The molecule has 1 aromatic heterocycles. The number of carbonyl (C=O) groups excluding carboxylic acids is 1. The largest absolute Gasteiger partial charge is 0.293 e. The summed E-state index contributed by atoms with van der Waals surface area (Å²) in [6.45, 7) is 4.12. The highest BCUT2D eigenvalue weighted by atomic mass is 32.1. The maximum Gasteiger partial charge on any atom is 0.172 e. The molecule has 0 bridgehead atoms. The first-order chi connectivity index (χ1) is 8.20. The zero-order valence-corrected chi connectivity index (χ0v) is 11.0. The Bertz CT molecular complexity index is 525. The molecule has 0 N–H and O–H groups in total. The number of hydrogen-bond donors (Lipinski definition) is 0. The van der Waals surface area contributed by atoms with E-state index in [0.717, 1.165) is 11.3 Å². The number of Topliss-reactive ketones (excluding diaryl/α,β-unsaturated/α-hetero) is 1. The van der Waals surface area contributed by atoms with Crippen LogP contribution < -0.4 is 0 Å². The van der Waals surface area contributed by atoms with E-state index in [1.54, 1.807) is 11.3 Å². The van der Waals surface area contributed by atoms with Crippen LogP contribution in [0.5, 0.6) is 0 Å². The molecule has 2 heteroatoms. The zero-order chi connectivity index (χ0) is 12.3. The molecule has 0 radical (unpaired) electrons. The molecular weight excluding hydrogens is 228 g/mol. The fourth-order valence-electron chi connectivity index (χ4n) is 1.79. The number of ketones is 1. The Labute approximate surface area is 106 Å². The van der Waals surface area contributed by atoms with Crippen LogP contribution in [0.1, 0.15) is 35.0 Å². The Balaban J connectivity index is 2.27. The second-order valence-electron chi connectivity index (χ2n) is 4.21. The first-order valence-corrected chi connectivity index (χ1v) is 6.72. The summed E-state index contributed by atoms with van der Waals surface area (Å²) in [6.07, 6.45) is 1.56. The number of aryl methyl sites for hydroxylation is 1. The van der Waals surface area contributed by atoms with Crippen molar-refractivity contribution in [1.82, 2.24) is 0 Å². The highest BCUT2D eigenvalue weighted by Crippen LogP contribution is 2.29. The second-order valence-corrected chi connectivity index (χ2v) is 5.29. The Morgan fingerprint density at radius 2 is 2.06 bits per heavy atom. The lowest BCUT2D eigenvalue weighted by Gasteiger charge is -1.98. The van der Waals surface area contributed by atoms with E-state index in [1.165, 1.54) is 16.0 Å². The third kappa shape index (κ3) is 2.83. The van der Waals surface area contributed by atoms with E-state index >= 15 is 0 Å². The van der Waals surface area contributed by atoms with Crippen LogP contribution in [0.15, 0.2) is 36.4 Å². The minimum Gasteiger partial charge on any atom is -0.293 e. The van der Waals surface area contributed by atoms with Crippen LogP contribution in [0.3, 0.4) is 0 Å². The topological polar surface area (TPSA) is 17.1 Å². The monoisotopic (exact) mass is 244 g/mol. The molecule has 1 heterocycles. The van der Waals surface area contributed by atoms with Gasteiger partial charge in [0.05, 0.1) is 4.88 Å². The number of hydrogen-bond acceptors (Lipinski definition) is 2. The van der Waals surface area contributed by atoms with Crippen molar-refractivity contribution in [3.8, 4) is 10.4 Å². The lowest BCUT2D eigenvalue weighted by molar-refractivity contribution is 0.0985. The molecule has 0 amide bonds. The first-order valence-electron chi connectivity index (χ1n) is 5.91. The van der Waals surface area contributed by atoms with Crippen LogP contribution in [-0.2, 0) is 0 Å². The van der Waals surface area contributed by atoms with E-state index in [-0.39, 0.29) is 5.78 Å². The van der Waals surface area contributed by atoms with E-state index in [0.29, 0.717) is 6.42 Å². The van der Waals surface area contributed by atoms with E-state index in [1.807, 2.05) is 19.1 Å². The van der Waals surface area contributed by atoms with Crippen LogP contribution in [0.2, 0.25) is 0 Å². The van der Waals surface area contributed by atoms with E-state index < -0.39 is 0 Å². The van der Waals surface area contributed by atoms with Gasteiger partial charge in [0.15, 0.2) is 5.78 Å². The summed E-state index contributed by atoms with van der Waals surface area (Å²) in [4.78, 5) is 13.8. The number of benzene rings is 1. The van der Waals surface area contributed by atoms with Gasteiger partial charge in [-0.15, -0.1) is 11.3 Å². The van der Waals surface area contributed by atoms with Gasteiger partial charge in [-0.05, 0) is 31.0 Å². The van der Waals surface area contributed by atoms with Crippen LogP contribution >= 0.6 is 11.3 Å². The molecule has 0 aliphatic rings. The molecule has 0 saturated carbocycles. The van der Waals surface area contributed by atoms with Gasteiger partial charge in [0.2, 0.25) is 0 Å². The lowest BCUT2D eigenvalue weighted by atomic mass is 10.1. The van der Waals surface area contributed by atoms with Crippen molar-refractivity contribution >= 4 is 17.1 Å². The molecule has 1 aromatic carbocycles. The Morgan fingerprint density at radius 1 is 1.24 bits per heavy atom. The lowest BCUT2D eigenvalue weighted by Crippen LogP contribution is -1.93. The summed E-state index contributed by atoms with van der Waals surface area (Å²) < 4.78 is 0.